The lowest BCUT2D eigenvalue weighted by atomic mass is 10.3. The average Bonchev–Trinajstić information content (AvgIpc) is 2.60. The highest BCUT2D eigenvalue weighted by Crippen LogP contribution is 2.27. The fraction of sp³-hybridized carbons (Fsp3) is 0.167. The molecule has 0 spiro atoms. The first kappa shape index (κ1) is 12.5. The molecule has 2 aromatic rings. The molecule has 0 unspecified atom stereocenters. The molecular weight excluding hydrogens is 308 g/mol. The first-order valence-electron chi connectivity index (χ1n) is 5.00. The summed E-state index contributed by atoms with van der Waals surface area (Å²) in [5, 5.41) is 2.89. The predicted molar refractivity (Wildman–Crippen MR) is 70.4 cm³/mol. The van der Waals surface area contributed by atoms with E-state index in [0.717, 1.165) is 27.5 Å². The third kappa shape index (κ3) is 3.04. The zero-order valence-corrected chi connectivity index (χ0v) is 11.5. The van der Waals surface area contributed by atoms with Crippen molar-refractivity contribution in [2.24, 2.45) is 0 Å². The van der Waals surface area contributed by atoms with Crippen LogP contribution in [0.1, 0.15) is 9.75 Å². The minimum absolute atomic E-state index is 0.187. The zero-order chi connectivity index (χ0) is 12.4. The summed E-state index contributed by atoms with van der Waals surface area (Å²) >= 11 is 5.04. The maximum Gasteiger partial charge on any atom is 0.146 e. The lowest BCUT2D eigenvalue weighted by molar-refractivity contribution is 0.602. The third-order valence-corrected chi connectivity index (χ3v) is 4.43. The van der Waals surface area contributed by atoms with E-state index in [4.69, 9.17) is 0 Å². The van der Waals surface area contributed by atoms with Crippen LogP contribution in [-0.2, 0) is 6.54 Å². The maximum absolute atomic E-state index is 13.3. The second-order valence-corrected chi connectivity index (χ2v) is 5.79. The van der Waals surface area contributed by atoms with Gasteiger partial charge in [0.25, 0.3) is 0 Å². The Labute approximate surface area is 111 Å². The number of anilines is 1. The van der Waals surface area contributed by atoms with Crippen molar-refractivity contribution in [3.05, 3.63) is 50.1 Å². The fourth-order valence-corrected chi connectivity index (χ4v) is 2.96. The molecule has 0 aliphatic carbocycles. The van der Waals surface area contributed by atoms with Crippen molar-refractivity contribution in [1.29, 1.82) is 0 Å². The van der Waals surface area contributed by atoms with Gasteiger partial charge in [0.2, 0.25) is 0 Å². The summed E-state index contributed by atoms with van der Waals surface area (Å²) in [6.07, 6.45) is 0. The van der Waals surface area contributed by atoms with Crippen LogP contribution in [0.2, 0.25) is 0 Å². The van der Waals surface area contributed by atoms with Gasteiger partial charge in [-0.3, -0.25) is 0 Å². The van der Waals surface area contributed by atoms with E-state index < -0.39 is 11.6 Å². The Morgan fingerprint density at radius 2 is 2.06 bits per heavy atom. The van der Waals surface area contributed by atoms with E-state index in [2.05, 4.69) is 21.2 Å². The number of nitrogens with one attached hydrogen (secondary N) is 1. The van der Waals surface area contributed by atoms with Gasteiger partial charge in [-0.1, -0.05) is 0 Å². The molecule has 0 radical (unpaired) electrons. The molecule has 1 nitrogen and oxygen atoms in total. The molecule has 0 saturated heterocycles. The molecule has 0 amide bonds. The topological polar surface area (TPSA) is 12.0 Å². The highest BCUT2D eigenvalue weighted by Gasteiger charge is 2.06. The van der Waals surface area contributed by atoms with E-state index in [1.807, 2.05) is 13.0 Å². The second kappa shape index (κ2) is 5.14. The number of hydrogen-bond acceptors (Lipinski definition) is 2. The van der Waals surface area contributed by atoms with E-state index in [-0.39, 0.29) is 5.69 Å². The van der Waals surface area contributed by atoms with Gasteiger partial charge in [-0.25, -0.2) is 8.78 Å². The highest BCUT2D eigenvalue weighted by atomic mass is 79.9. The minimum Gasteiger partial charge on any atom is -0.378 e. The molecule has 0 fully saturated rings. The number of rotatable bonds is 3. The van der Waals surface area contributed by atoms with Crippen molar-refractivity contribution in [3.63, 3.8) is 0 Å². The summed E-state index contributed by atoms with van der Waals surface area (Å²) in [5.41, 5.74) is 0.187. The molecule has 5 heteroatoms. The SMILES string of the molecule is Cc1sc(CNc2cc(F)ccc2F)cc1Br. The van der Waals surface area contributed by atoms with Crippen LogP contribution in [0.25, 0.3) is 0 Å². The smallest absolute Gasteiger partial charge is 0.146 e. The number of benzene rings is 1. The van der Waals surface area contributed by atoms with Gasteiger partial charge in [0.1, 0.15) is 11.6 Å². The van der Waals surface area contributed by atoms with Gasteiger partial charge < -0.3 is 5.32 Å². The molecule has 0 saturated carbocycles. The normalized spacial score (nSPS) is 10.6. The van der Waals surface area contributed by atoms with Crippen LogP contribution in [-0.4, -0.2) is 0 Å². The summed E-state index contributed by atoms with van der Waals surface area (Å²) in [7, 11) is 0. The standard InChI is InChI=1S/C12H10BrF2NS/c1-7-10(13)5-9(17-7)6-16-12-4-8(14)2-3-11(12)15/h2-5,16H,6H2,1H3. The van der Waals surface area contributed by atoms with Gasteiger partial charge in [0, 0.05) is 20.8 Å². The van der Waals surface area contributed by atoms with Gasteiger partial charge >= 0.3 is 0 Å². The van der Waals surface area contributed by atoms with Gasteiger partial charge in [0.05, 0.1) is 5.69 Å². The van der Waals surface area contributed by atoms with Gasteiger partial charge in [0.15, 0.2) is 0 Å². The number of thiophene rings is 1. The fourth-order valence-electron chi connectivity index (χ4n) is 1.42. The number of hydrogen-bond donors (Lipinski definition) is 1. The van der Waals surface area contributed by atoms with Crippen LogP contribution in [0.5, 0.6) is 0 Å². The van der Waals surface area contributed by atoms with Crippen molar-refractivity contribution < 1.29 is 8.78 Å². The molecule has 0 bridgehead atoms. The lowest BCUT2D eigenvalue weighted by Crippen LogP contribution is -2.00. The Balaban J connectivity index is 2.09. The highest BCUT2D eigenvalue weighted by molar-refractivity contribution is 9.10. The summed E-state index contributed by atoms with van der Waals surface area (Å²) in [6, 6.07) is 5.36. The Bertz CT molecular complexity index is 520. The average molecular weight is 318 g/mol. The Morgan fingerprint density at radius 1 is 1.29 bits per heavy atom. The molecule has 90 valence electrons. The molecule has 0 aliphatic heterocycles. The van der Waals surface area contributed by atoms with Crippen LogP contribution in [0, 0.1) is 18.6 Å². The number of aryl methyl sites for hydroxylation is 1. The zero-order valence-electron chi connectivity index (χ0n) is 9.06. The molecular formula is C12H10BrF2NS. The number of halogens is 3. The van der Waals surface area contributed by atoms with Crippen molar-refractivity contribution >= 4 is 33.0 Å². The molecule has 1 aromatic heterocycles. The molecule has 17 heavy (non-hydrogen) atoms. The Hall–Kier alpha value is -0.940. The molecule has 1 heterocycles. The van der Waals surface area contributed by atoms with E-state index in [1.54, 1.807) is 11.3 Å². The minimum atomic E-state index is -0.447. The monoisotopic (exact) mass is 317 g/mol. The van der Waals surface area contributed by atoms with Crippen LogP contribution in [0.15, 0.2) is 28.7 Å². The van der Waals surface area contributed by atoms with Crippen LogP contribution < -0.4 is 5.32 Å². The molecule has 0 aliphatic rings. The molecule has 0 atom stereocenters. The largest absolute Gasteiger partial charge is 0.378 e. The second-order valence-electron chi connectivity index (χ2n) is 3.59. The van der Waals surface area contributed by atoms with Crippen LogP contribution in [0.4, 0.5) is 14.5 Å². The van der Waals surface area contributed by atoms with E-state index in [1.165, 1.54) is 4.88 Å². The summed E-state index contributed by atoms with van der Waals surface area (Å²) < 4.78 is 27.3. The summed E-state index contributed by atoms with van der Waals surface area (Å²) in [5.74, 6) is -0.892. The van der Waals surface area contributed by atoms with Crippen molar-refractivity contribution in [1.82, 2.24) is 0 Å². The lowest BCUT2D eigenvalue weighted by Gasteiger charge is -2.05. The summed E-state index contributed by atoms with van der Waals surface area (Å²) in [6.45, 7) is 2.48. The van der Waals surface area contributed by atoms with Gasteiger partial charge in [-0.2, -0.15) is 0 Å². The molecule has 1 aromatic carbocycles. The van der Waals surface area contributed by atoms with E-state index >= 15 is 0 Å². The molecule has 2 rings (SSSR count). The van der Waals surface area contributed by atoms with Crippen LogP contribution in [0.3, 0.4) is 0 Å². The maximum atomic E-state index is 13.3. The van der Waals surface area contributed by atoms with Crippen molar-refractivity contribution in [2.75, 3.05) is 5.32 Å². The van der Waals surface area contributed by atoms with Crippen molar-refractivity contribution in [3.8, 4) is 0 Å². The van der Waals surface area contributed by atoms with E-state index in [0.29, 0.717) is 6.54 Å². The van der Waals surface area contributed by atoms with E-state index in [9.17, 15) is 8.78 Å². The quantitative estimate of drug-likeness (QED) is 0.864. The first-order chi connectivity index (χ1) is 8.06. The first-order valence-corrected chi connectivity index (χ1v) is 6.61. The predicted octanol–water partition coefficient (Wildman–Crippen LogP) is 4.71. The Kier molecular flexibility index (Phi) is 3.79. The third-order valence-electron chi connectivity index (χ3n) is 2.29. The molecule has 1 N–H and O–H groups in total. The van der Waals surface area contributed by atoms with Gasteiger partial charge in [-0.15, -0.1) is 11.3 Å². The Morgan fingerprint density at radius 3 is 2.71 bits per heavy atom. The van der Waals surface area contributed by atoms with Crippen molar-refractivity contribution in [2.45, 2.75) is 13.5 Å². The summed E-state index contributed by atoms with van der Waals surface area (Å²) in [4.78, 5) is 2.24. The van der Waals surface area contributed by atoms with Gasteiger partial charge in [-0.05, 0) is 47.1 Å². The van der Waals surface area contributed by atoms with Crippen LogP contribution >= 0.6 is 27.3 Å².